The third-order valence-corrected chi connectivity index (χ3v) is 5.03. The number of ketones is 2. The van der Waals surface area contributed by atoms with Crippen molar-refractivity contribution in [2.45, 2.75) is 36.0 Å². The number of carbonyl (C=O) groups is 2. The first-order valence-electron chi connectivity index (χ1n) is 8.00. The molecule has 2 aromatic carbocycles. The van der Waals surface area contributed by atoms with Gasteiger partial charge in [0.1, 0.15) is 5.75 Å². The summed E-state index contributed by atoms with van der Waals surface area (Å²) in [5, 5.41) is -4.44. The average Bonchev–Trinajstić information content (AvgIpc) is 2.59. The highest BCUT2D eigenvalue weighted by Crippen LogP contribution is 2.54. The number of aryl methyl sites for hydroxylation is 1. The van der Waals surface area contributed by atoms with Crippen molar-refractivity contribution in [3.63, 3.8) is 0 Å². The van der Waals surface area contributed by atoms with E-state index in [4.69, 9.17) is 0 Å². The smallest absolute Gasteiger partial charge is 0.426 e. The summed E-state index contributed by atoms with van der Waals surface area (Å²) in [6, 6.07) is 10.3. The molecule has 2 aromatic rings. The van der Waals surface area contributed by atoms with Gasteiger partial charge in [0.15, 0.2) is 11.6 Å². The number of thioether (sulfide) groups is 1. The second-order valence-corrected chi connectivity index (χ2v) is 7.27. The van der Waals surface area contributed by atoms with Crippen LogP contribution in [-0.2, 0) is 0 Å². The summed E-state index contributed by atoms with van der Waals surface area (Å²) in [6.45, 7) is 1.84. The van der Waals surface area contributed by atoms with Gasteiger partial charge in [-0.15, -0.1) is 0 Å². The van der Waals surface area contributed by atoms with E-state index in [9.17, 15) is 27.2 Å². The number of hydrogen-bond acceptors (Lipinski definition) is 4. The molecule has 0 saturated heterocycles. The molecular weight excluding hydrogens is 384 g/mol. The third-order valence-electron chi connectivity index (χ3n) is 4.00. The van der Waals surface area contributed by atoms with Gasteiger partial charge < -0.3 is 4.74 Å². The molecule has 0 fully saturated rings. The molecular formula is C19H14F4O3S. The second kappa shape index (κ2) is 6.99. The van der Waals surface area contributed by atoms with Gasteiger partial charge in [-0.2, -0.15) is 17.6 Å². The van der Waals surface area contributed by atoms with Gasteiger partial charge in [-0.05, 0) is 43.0 Å². The van der Waals surface area contributed by atoms with Gasteiger partial charge in [0.25, 0.3) is 0 Å². The van der Waals surface area contributed by atoms with E-state index in [0.717, 1.165) is 17.7 Å². The van der Waals surface area contributed by atoms with Gasteiger partial charge in [-0.3, -0.25) is 9.59 Å². The largest absolute Gasteiger partial charge is 0.475 e. The highest BCUT2D eigenvalue weighted by atomic mass is 32.2. The lowest BCUT2D eigenvalue weighted by atomic mass is 10.0. The van der Waals surface area contributed by atoms with Gasteiger partial charge in [0.05, 0.1) is 4.90 Å². The normalized spacial score (nSPS) is 16.9. The summed E-state index contributed by atoms with van der Waals surface area (Å²) in [4.78, 5) is 24.2. The van der Waals surface area contributed by atoms with Gasteiger partial charge in [0, 0.05) is 24.0 Å². The van der Waals surface area contributed by atoms with E-state index in [1.807, 2.05) is 13.0 Å². The minimum Gasteiger partial charge on any atom is -0.426 e. The zero-order valence-electron chi connectivity index (χ0n) is 14.1. The monoisotopic (exact) mass is 398 g/mol. The van der Waals surface area contributed by atoms with Crippen LogP contribution in [0.4, 0.5) is 17.6 Å². The van der Waals surface area contributed by atoms with Crippen molar-refractivity contribution < 1.29 is 31.9 Å². The quantitative estimate of drug-likeness (QED) is 0.492. The first kappa shape index (κ1) is 19.4. The number of fused-ring (bicyclic) bond motifs is 1. The van der Waals surface area contributed by atoms with Gasteiger partial charge in [0.2, 0.25) is 0 Å². The third kappa shape index (κ3) is 4.00. The van der Waals surface area contributed by atoms with E-state index in [0.29, 0.717) is 5.56 Å². The van der Waals surface area contributed by atoms with Crippen LogP contribution in [0.15, 0.2) is 47.4 Å². The maximum atomic E-state index is 13.4. The summed E-state index contributed by atoms with van der Waals surface area (Å²) in [5.74, 6) is -1.07. The predicted molar refractivity (Wildman–Crippen MR) is 91.9 cm³/mol. The maximum Gasteiger partial charge on any atom is 0.475 e. The SMILES string of the molecule is Cc1cccc(C(=O)CCC(=O)c2ccc3c(c2)SC(F)(F)C(F)(F)O3)c1. The van der Waals surface area contributed by atoms with E-state index in [1.54, 1.807) is 18.2 Å². The Kier molecular flexibility index (Phi) is 5.03. The molecule has 1 aliphatic heterocycles. The van der Waals surface area contributed by atoms with E-state index in [2.05, 4.69) is 4.74 Å². The van der Waals surface area contributed by atoms with Crippen LogP contribution in [0.5, 0.6) is 5.75 Å². The molecule has 1 heterocycles. The fourth-order valence-electron chi connectivity index (χ4n) is 2.57. The molecule has 3 rings (SSSR count). The highest BCUT2D eigenvalue weighted by molar-refractivity contribution is 8.00. The summed E-state index contributed by atoms with van der Waals surface area (Å²) >= 11 is -0.352. The number of Topliss-reactive ketones (excluding diaryl/α,β-unsaturated/α-hetero) is 2. The fourth-order valence-corrected chi connectivity index (χ4v) is 3.41. The molecule has 27 heavy (non-hydrogen) atoms. The standard InChI is InChI=1S/C19H14F4O3S/c1-11-3-2-4-12(9-11)14(24)6-7-15(25)13-5-8-16-17(10-13)27-19(22,23)18(20,21)26-16/h2-5,8-10H,6-7H2,1H3. The van der Waals surface area contributed by atoms with Crippen molar-refractivity contribution in [2.75, 3.05) is 0 Å². The van der Waals surface area contributed by atoms with Crippen molar-refractivity contribution in [3.05, 3.63) is 59.2 Å². The summed E-state index contributed by atoms with van der Waals surface area (Å²) in [5.41, 5.74) is 1.46. The number of alkyl halides is 4. The lowest BCUT2D eigenvalue weighted by Crippen LogP contribution is -2.45. The molecule has 0 saturated carbocycles. The Labute approximate surface area is 156 Å². The van der Waals surface area contributed by atoms with E-state index < -0.39 is 22.9 Å². The molecule has 0 N–H and O–H groups in total. The van der Waals surface area contributed by atoms with Gasteiger partial charge in [-0.1, -0.05) is 23.8 Å². The number of ether oxygens (including phenoxy) is 1. The average molecular weight is 398 g/mol. The molecule has 3 nitrogen and oxygen atoms in total. The first-order valence-corrected chi connectivity index (χ1v) is 8.81. The van der Waals surface area contributed by atoms with Crippen molar-refractivity contribution in [1.82, 2.24) is 0 Å². The molecule has 1 aliphatic rings. The van der Waals surface area contributed by atoms with Gasteiger partial charge >= 0.3 is 11.4 Å². The maximum absolute atomic E-state index is 13.4. The lowest BCUT2D eigenvalue weighted by Gasteiger charge is -2.31. The fraction of sp³-hybridized carbons (Fsp3) is 0.263. The molecule has 0 aromatic heterocycles. The topological polar surface area (TPSA) is 43.4 Å². The van der Waals surface area contributed by atoms with E-state index in [1.165, 1.54) is 6.07 Å². The predicted octanol–water partition coefficient (Wildman–Crippen LogP) is 5.51. The van der Waals surface area contributed by atoms with Crippen LogP contribution >= 0.6 is 11.8 Å². The molecule has 142 valence electrons. The molecule has 0 atom stereocenters. The van der Waals surface area contributed by atoms with Crippen molar-refractivity contribution in [1.29, 1.82) is 0 Å². The summed E-state index contributed by atoms with van der Waals surface area (Å²) in [7, 11) is 0. The van der Waals surface area contributed by atoms with Crippen LogP contribution in [-0.4, -0.2) is 22.9 Å². The number of carbonyl (C=O) groups excluding carboxylic acids is 2. The second-order valence-electron chi connectivity index (χ2n) is 6.12. The first-order chi connectivity index (χ1) is 12.6. The van der Waals surface area contributed by atoms with Crippen LogP contribution in [0.1, 0.15) is 39.1 Å². The molecule has 0 unspecified atom stereocenters. The molecule has 8 heteroatoms. The van der Waals surface area contributed by atoms with Crippen LogP contribution in [0.2, 0.25) is 0 Å². The molecule has 0 amide bonds. The number of rotatable bonds is 5. The Hall–Kier alpha value is -2.35. The summed E-state index contributed by atoms with van der Waals surface area (Å²) in [6.07, 6.45) is -4.79. The Morgan fingerprint density at radius 3 is 2.22 bits per heavy atom. The van der Waals surface area contributed by atoms with Crippen molar-refractivity contribution >= 4 is 23.3 Å². The number of benzene rings is 2. The minimum absolute atomic E-state index is 0.0444. The molecule has 0 aliphatic carbocycles. The van der Waals surface area contributed by atoms with E-state index in [-0.39, 0.29) is 40.8 Å². The van der Waals surface area contributed by atoms with Crippen LogP contribution in [0.3, 0.4) is 0 Å². The van der Waals surface area contributed by atoms with Crippen molar-refractivity contribution in [3.8, 4) is 5.75 Å². The number of halogens is 4. The Morgan fingerprint density at radius 2 is 1.59 bits per heavy atom. The minimum atomic E-state index is -4.63. The zero-order chi connectivity index (χ0) is 19.8. The Morgan fingerprint density at radius 1 is 0.963 bits per heavy atom. The van der Waals surface area contributed by atoms with E-state index >= 15 is 0 Å². The Bertz CT molecular complexity index is 912. The zero-order valence-corrected chi connectivity index (χ0v) is 14.9. The summed E-state index contributed by atoms with van der Waals surface area (Å²) < 4.78 is 57.4. The van der Waals surface area contributed by atoms with Crippen LogP contribution in [0, 0.1) is 6.92 Å². The van der Waals surface area contributed by atoms with Crippen LogP contribution < -0.4 is 4.74 Å². The highest BCUT2D eigenvalue weighted by Gasteiger charge is 2.63. The molecule has 0 radical (unpaired) electrons. The van der Waals surface area contributed by atoms with Crippen molar-refractivity contribution in [2.24, 2.45) is 0 Å². The lowest BCUT2D eigenvalue weighted by molar-refractivity contribution is -0.273. The Balaban J connectivity index is 1.71. The van der Waals surface area contributed by atoms with Gasteiger partial charge in [-0.25, -0.2) is 0 Å². The number of hydrogen-bond donors (Lipinski definition) is 0. The molecule has 0 bridgehead atoms. The van der Waals surface area contributed by atoms with Crippen LogP contribution in [0.25, 0.3) is 0 Å². The molecule has 0 spiro atoms.